The first kappa shape index (κ1) is 23.9. The molecule has 2 fully saturated rings. The van der Waals surface area contributed by atoms with Crippen LogP contribution in [0.2, 0.25) is 0 Å². The molecule has 0 aromatic heterocycles. The van der Waals surface area contributed by atoms with Crippen molar-refractivity contribution in [3.05, 3.63) is 54.1 Å². The van der Waals surface area contributed by atoms with E-state index >= 15 is 0 Å². The zero-order valence-corrected chi connectivity index (χ0v) is 20.6. The molecule has 0 bridgehead atoms. The number of piperazine rings is 1. The van der Waals surface area contributed by atoms with Gasteiger partial charge >= 0.3 is 0 Å². The van der Waals surface area contributed by atoms with E-state index in [1.165, 1.54) is 29.3 Å². The van der Waals surface area contributed by atoms with E-state index in [2.05, 4.69) is 36.1 Å². The molecular weight excluding hydrogens is 434 g/mol. The number of benzene rings is 2. The minimum Gasteiger partial charge on any atom is -0.340 e. The summed E-state index contributed by atoms with van der Waals surface area (Å²) in [7, 11) is -3.55. The third kappa shape index (κ3) is 5.48. The Bertz CT molecular complexity index is 1040. The van der Waals surface area contributed by atoms with Crippen LogP contribution in [0.1, 0.15) is 38.7 Å². The number of hydrogen-bond donors (Lipinski definition) is 0. The molecule has 1 atom stereocenters. The summed E-state index contributed by atoms with van der Waals surface area (Å²) in [5.41, 5.74) is 3.42. The predicted molar refractivity (Wildman–Crippen MR) is 131 cm³/mol. The third-order valence-electron chi connectivity index (χ3n) is 7.05. The van der Waals surface area contributed by atoms with E-state index in [9.17, 15) is 13.2 Å². The summed E-state index contributed by atoms with van der Waals surface area (Å²) >= 11 is 0. The quantitative estimate of drug-likeness (QED) is 0.621. The summed E-state index contributed by atoms with van der Waals surface area (Å²) in [5.74, 6) is 0.0769. The van der Waals surface area contributed by atoms with Gasteiger partial charge in [-0.15, -0.1) is 0 Å². The molecule has 1 amide bonds. The first-order valence-electron chi connectivity index (χ1n) is 12.1. The Morgan fingerprint density at radius 2 is 1.52 bits per heavy atom. The lowest BCUT2D eigenvalue weighted by Crippen LogP contribution is -2.50. The van der Waals surface area contributed by atoms with Crippen molar-refractivity contribution < 1.29 is 13.2 Å². The van der Waals surface area contributed by atoms with Crippen LogP contribution >= 0.6 is 0 Å². The van der Waals surface area contributed by atoms with Crippen LogP contribution in [0.5, 0.6) is 0 Å². The molecule has 0 unspecified atom stereocenters. The van der Waals surface area contributed by atoms with Crippen molar-refractivity contribution in [1.82, 2.24) is 14.1 Å². The summed E-state index contributed by atoms with van der Waals surface area (Å²) in [5, 5.41) is 0. The molecule has 2 aromatic carbocycles. The smallest absolute Gasteiger partial charge is 0.243 e. The number of rotatable bonds is 7. The summed E-state index contributed by atoms with van der Waals surface area (Å²) in [4.78, 5) is 16.5. The molecule has 0 N–H and O–H groups in total. The molecule has 6 nitrogen and oxygen atoms in total. The van der Waals surface area contributed by atoms with Gasteiger partial charge in [0.2, 0.25) is 15.9 Å². The molecule has 33 heavy (non-hydrogen) atoms. The lowest BCUT2D eigenvalue weighted by atomic mass is 10.0. The topological polar surface area (TPSA) is 60.9 Å². The highest BCUT2D eigenvalue weighted by Crippen LogP contribution is 2.25. The van der Waals surface area contributed by atoms with Crippen LogP contribution in [0.3, 0.4) is 0 Å². The molecule has 0 radical (unpaired) electrons. The maximum Gasteiger partial charge on any atom is 0.243 e. The monoisotopic (exact) mass is 469 g/mol. The van der Waals surface area contributed by atoms with Gasteiger partial charge in [0, 0.05) is 45.2 Å². The van der Waals surface area contributed by atoms with Gasteiger partial charge in [0.15, 0.2) is 0 Å². The van der Waals surface area contributed by atoms with Crippen molar-refractivity contribution in [2.24, 2.45) is 0 Å². The number of carbonyl (C=O) groups excluding carboxylic acids is 1. The zero-order chi connectivity index (χ0) is 23.4. The highest BCUT2D eigenvalue weighted by molar-refractivity contribution is 7.89. The molecule has 2 aliphatic rings. The average molecular weight is 470 g/mol. The maximum absolute atomic E-state index is 13.0. The lowest BCUT2D eigenvalue weighted by molar-refractivity contribution is -0.132. The second-order valence-electron chi connectivity index (χ2n) is 9.14. The predicted octanol–water partition coefficient (Wildman–Crippen LogP) is 3.62. The highest BCUT2D eigenvalue weighted by atomic mass is 32.2. The van der Waals surface area contributed by atoms with Crippen LogP contribution in [0, 0.1) is 0 Å². The Morgan fingerprint density at radius 3 is 2.06 bits per heavy atom. The van der Waals surface area contributed by atoms with Crippen LogP contribution in [0.25, 0.3) is 11.1 Å². The first-order chi connectivity index (χ1) is 15.9. The molecular formula is C26H35N3O3S. The SMILES string of the molecule is CCC(=O)N1CCN(S(=O)(=O)c2ccc(-c3ccc(CCN4CCC[C@H]4C)cc3)cc2)CC1. The van der Waals surface area contributed by atoms with E-state index < -0.39 is 10.0 Å². The highest BCUT2D eigenvalue weighted by Gasteiger charge is 2.29. The number of sulfonamides is 1. The van der Waals surface area contributed by atoms with E-state index in [0.717, 1.165) is 24.1 Å². The van der Waals surface area contributed by atoms with Crippen molar-refractivity contribution in [3.8, 4) is 11.1 Å². The Balaban J connectivity index is 1.37. The Morgan fingerprint density at radius 1 is 0.909 bits per heavy atom. The molecule has 2 heterocycles. The van der Waals surface area contributed by atoms with Gasteiger partial charge in [0.1, 0.15) is 0 Å². The first-order valence-corrected chi connectivity index (χ1v) is 13.5. The molecule has 0 aliphatic carbocycles. The van der Waals surface area contributed by atoms with Gasteiger partial charge in [-0.2, -0.15) is 4.31 Å². The number of likely N-dealkylation sites (tertiary alicyclic amines) is 1. The van der Waals surface area contributed by atoms with Gasteiger partial charge < -0.3 is 9.80 Å². The van der Waals surface area contributed by atoms with E-state index in [0.29, 0.717) is 43.5 Å². The third-order valence-corrected chi connectivity index (χ3v) is 8.96. The summed E-state index contributed by atoms with van der Waals surface area (Å²) in [6, 6.07) is 16.4. The van der Waals surface area contributed by atoms with Crippen LogP contribution in [0.15, 0.2) is 53.4 Å². The van der Waals surface area contributed by atoms with Crippen molar-refractivity contribution in [1.29, 1.82) is 0 Å². The fraction of sp³-hybridized carbons (Fsp3) is 0.500. The largest absolute Gasteiger partial charge is 0.340 e. The molecule has 2 aliphatic heterocycles. The van der Waals surface area contributed by atoms with Crippen molar-refractivity contribution >= 4 is 15.9 Å². The average Bonchev–Trinajstić information content (AvgIpc) is 3.27. The number of nitrogens with zero attached hydrogens (tertiary/aromatic N) is 3. The number of hydrogen-bond acceptors (Lipinski definition) is 4. The molecule has 0 spiro atoms. The Kier molecular flexibility index (Phi) is 7.51. The fourth-order valence-corrected chi connectivity index (χ4v) is 6.25. The maximum atomic E-state index is 13.0. The molecule has 4 rings (SSSR count). The minimum atomic E-state index is -3.55. The van der Waals surface area contributed by atoms with E-state index in [-0.39, 0.29) is 5.91 Å². The summed E-state index contributed by atoms with van der Waals surface area (Å²) in [6.45, 7) is 8.04. The van der Waals surface area contributed by atoms with Gasteiger partial charge in [0.25, 0.3) is 0 Å². The van der Waals surface area contributed by atoms with Gasteiger partial charge in [-0.1, -0.05) is 43.3 Å². The summed E-state index contributed by atoms with van der Waals surface area (Å²) < 4.78 is 27.6. The molecule has 2 aromatic rings. The fourth-order valence-electron chi connectivity index (χ4n) is 4.83. The van der Waals surface area contributed by atoms with E-state index in [1.54, 1.807) is 17.0 Å². The van der Waals surface area contributed by atoms with E-state index in [1.807, 2.05) is 19.1 Å². The number of carbonyl (C=O) groups is 1. The minimum absolute atomic E-state index is 0.0769. The van der Waals surface area contributed by atoms with Gasteiger partial charge in [-0.05, 0) is 61.6 Å². The second-order valence-corrected chi connectivity index (χ2v) is 11.1. The van der Waals surface area contributed by atoms with Gasteiger partial charge in [0.05, 0.1) is 4.90 Å². The zero-order valence-electron chi connectivity index (χ0n) is 19.7. The van der Waals surface area contributed by atoms with Crippen LogP contribution < -0.4 is 0 Å². The molecule has 7 heteroatoms. The van der Waals surface area contributed by atoms with Crippen LogP contribution in [-0.2, 0) is 21.2 Å². The van der Waals surface area contributed by atoms with Crippen LogP contribution in [0.4, 0.5) is 0 Å². The van der Waals surface area contributed by atoms with Gasteiger partial charge in [-0.25, -0.2) is 8.42 Å². The Hall–Kier alpha value is -2.22. The standard InChI is InChI=1S/C26H35N3O3S/c1-3-26(30)28-17-19-29(20-18-28)33(31,32)25-12-10-24(11-13-25)23-8-6-22(7-9-23)14-16-27-15-4-5-21(27)2/h6-13,21H,3-5,14-20H2,1-2H3/t21-/m1/s1. The molecule has 0 saturated carbocycles. The summed E-state index contributed by atoms with van der Waals surface area (Å²) in [6.07, 6.45) is 4.12. The molecule has 178 valence electrons. The number of amides is 1. The second kappa shape index (κ2) is 10.4. The lowest BCUT2D eigenvalue weighted by Gasteiger charge is -2.33. The molecule has 2 saturated heterocycles. The van der Waals surface area contributed by atoms with Crippen molar-refractivity contribution in [3.63, 3.8) is 0 Å². The van der Waals surface area contributed by atoms with Crippen LogP contribution in [-0.4, -0.2) is 73.7 Å². The van der Waals surface area contributed by atoms with E-state index in [4.69, 9.17) is 0 Å². The van der Waals surface area contributed by atoms with Crippen molar-refractivity contribution in [2.45, 2.75) is 50.5 Å². The van der Waals surface area contributed by atoms with Gasteiger partial charge in [-0.3, -0.25) is 4.79 Å². The normalized spacial score (nSPS) is 20.3. The van der Waals surface area contributed by atoms with Crippen molar-refractivity contribution in [2.75, 3.05) is 39.3 Å². The Labute approximate surface area is 198 Å².